The number of nitrogens with two attached hydrogens (primary N) is 1. The Morgan fingerprint density at radius 1 is 1.30 bits per heavy atom. The lowest BCUT2D eigenvalue weighted by Crippen LogP contribution is -2.03. The summed E-state index contributed by atoms with van der Waals surface area (Å²) in [5.74, 6) is 0. The van der Waals surface area contributed by atoms with Gasteiger partial charge in [-0.3, -0.25) is 0 Å². The second-order valence-electron chi connectivity index (χ2n) is 0.852. The fourth-order valence-corrected chi connectivity index (χ4v) is 0. The maximum Gasteiger partial charge on any atom is 0.466 e. The minimum Gasteiger partial charge on any atom is -0.465 e. The van der Waals surface area contributed by atoms with E-state index >= 15 is 0 Å². The van der Waals surface area contributed by atoms with Crippen molar-refractivity contribution in [2.24, 2.45) is 5.73 Å². The van der Waals surface area contributed by atoms with Crippen molar-refractivity contribution < 1.29 is 29.1 Å². The van der Waals surface area contributed by atoms with Gasteiger partial charge in [-0.2, -0.15) is 0 Å². The molecular weight excluding hydrogens is 167 g/mol. The third-order valence-corrected chi connectivity index (χ3v) is 0. The molecule has 1 amide bonds. The van der Waals surface area contributed by atoms with Crippen molar-refractivity contribution in [1.29, 1.82) is 0 Å². The fraction of sp³-hybridized carbons (Fsp3) is 0. The maximum atomic E-state index is 8.88. The van der Waals surface area contributed by atoms with E-state index in [9.17, 15) is 0 Å². The van der Waals surface area contributed by atoms with Crippen LogP contribution in [-0.2, 0) is 4.57 Å². The van der Waals surface area contributed by atoms with Crippen molar-refractivity contribution in [3.8, 4) is 0 Å². The van der Waals surface area contributed by atoms with Crippen LogP contribution < -0.4 is 11.9 Å². The Labute approximate surface area is 56.1 Å². The lowest BCUT2D eigenvalue weighted by atomic mass is 11.3. The van der Waals surface area contributed by atoms with E-state index in [1.807, 2.05) is 0 Å². The number of phosphoric acid groups is 1. The van der Waals surface area contributed by atoms with Gasteiger partial charge in [0.2, 0.25) is 0 Å². The molecule has 9 N–H and O–H groups in total. The fourth-order valence-electron chi connectivity index (χ4n) is 0. The first-order valence-electron chi connectivity index (χ1n) is 1.50. The molecule has 0 atom stereocenters. The van der Waals surface area contributed by atoms with E-state index in [0.717, 1.165) is 0 Å². The van der Waals surface area contributed by atoms with E-state index in [1.165, 1.54) is 0 Å². The summed E-state index contributed by atoms with van der Waals surface area (Å²) < 4.78 is 8.88. The van der Waals surface area contributed by atoms with Gasteiger partial charge in [-0.15, -0.1) is 0 Å². The molecule has 0 saturated carbocycles. The molecule has 0 aliphatic heterocycles. The van der Waals surface area contributed by atoms with Crippen molar-refractivity contribution >= 4 is 13.9 Å². The Balaban J connectivity index is -0.0000000910. The molecule has 0 aromatic rings. The number of carbonyl (C=O) groups is 1. The Kier molecular flexibility index (Phi) is 10.4. The third kappa shape index (κ3) is 677. The smallest absolute Gasteiger partial charge is 0.465 e. The summed E-state index contributed by atoms with van der Waals surface area (Å²) in [6.07, 6.45) is -1.33. The molecule has 0 aromatic carbocycles. The molecule has 0 radical (unpaired) electrons. The summed E-state index contributed by atoms with van der Waals surface area (Å²) in [6.45, 7) is 0. The number of hydrogen-bond acceptors (Lipinski definition) is 3. The van der Waals surface area contributed by atoms with Crippen LogP contribution in [0.3, 0.4) is 0 Å². The summed E-state index contributed by atoms with van der Waals surface area (Å²) in [5.41, 5.74) is 4.03. The van der Waals surface area contributed by atoms with Gasteiger partial charge in [-0.25, -0.2) is 9.36 Å². The maximum absolute atomic E-state index is 8.88. The average molecular weight is 176 g/mol. The average Bonchev–Trinajstić information content (AvgIpc) is 1.19. The van der Waals surface area contributed by atoms with Gasteiger partial charge in [0.1, 0.15) is 0 Å². The zero-order chi connectivity index (χ0) is 8.08. The first-order chi connectivity index (χ1) is 3.73. The van der Waals surface area contributed by atoms with Gasteiger partial charge < -0.3 is 31.7 Å². The van der Waals surface area contributed by atoms with Crippen molar-refractivity contribution in [2.75, 3.05) is 0 Å². The first kappa shape index (κ1) is 16.2. The van der Waals surface area contributed by atoms with Crippen LogP contribution in [0.15, 0.2) is 0 Å². The van der Waals surface area contributed by atoms with Crippen molar-refractivity contribution in [1.82, 2.24) is 6.15 Å². The minimum absolute atomic E-state index is 0. The molecule has 0 unspecified atom stereocenters. The summed E-state index contributed by atoms with van der Waals surface area (Å²) >= 11 is 0. The van der Waals surface area contributed by atoms with Crippen LogP contribution in [0.5, 0.6) is 0 Å². The van der Waals surface area contributed by atoms with E-state index in [-0.39, 0.29) is 6.15 Å². The highest BCUT2D eigenvalue weighted by atomic mass is 31.2. The quantitative estimate of drug-likeness (QED) is 0.252. The molecule has 0 rings (SSSR count). The minimum atomic E-state index is -4.64. The highest BCUT2D eigenvalue weighted by molar-refractivity contribution is 7.45. The van der Waals surface area contributed by atoms with Gasteiger partial charge in [0.15, 0.2) is 0 Å². The summed E-state index contributed by atoms with van der Waals surface area (Å²) in [6, 6.07) is 0. The zero-order valence-electron chi connectivity index (χ0n) is 4.84. The Hall–Kier alpha value is -0.660. The number of amides is 1. The van der Waals surface area contributed by atoms with E-state index in [4.69, 9.17) is 29.1 Å². The van der Waals surface area contributed by atoms with E-state index < -0.39 is 13.9 Å². The largest absolute Gasteiger partial charge is 0.466 e. The van der Waals surface area contributed by atoms with Gasteiger partial charge in [0.05, 0.1) is 0 Å². The molecule has 0 bridgehead atoms. The van der Waals surface area contributed by atoms with Gasteiger partial charge in [-0.05, 0) is 0 Å². The highest BCUT2D eigenvalue weighted by Gasteiger charge is 2.00. The van der Waals surface area contributed by atoms with Crippen LogP contribution >= 0.6 is 7.82 Å². The highest BCUT2D eigenvalue weighted by Crippen LogP contribution is 2.25. The molecule has 0 aliphatic rings. The predicted octanol–water partition coefficient (Wildman–Crippen LogP) is -1.14. The van der Waals surface area contributed by atoms with E-state index in [2.05, 4.69) is 5.73 Å². The number of carboxylic acid groups (broad SMARTS) is 1. The van der Waals surface area contributed by atoms with Crippen LogP contribution in [0.4, 0.5) is 4.79 Å². The SMILES string of the molecule is N.NC(=O)O.O=P(O)(O)O. The molecule has 0 aliphatic carbocycles. The molecule has 0 fully saturated rings. The predicted molar refractivity (Wildman–Crippen MR) is 31.5 cm³/mol. The van der Waals surface area contributed by atoms with Crippen LogP contribution in [-0.4, -0.2) is 25.9 Å². The second-order valence-corrected chi connectivity index (χ2v) is 1.88. The Morgan fingerprint density at radius 3 is 1.30 bits per heavy atom. The Bertz CT molecular complexity index is 115. The number of rotatable bonds is 0. The van der Waals surface area contributed by atoms with E-state index in [1.54, 1.807) is 0 Å². The number of hydrogen-bond donors (Lipinski definition) is 6. The molecule has 0 heterocycles. The van der Waals surface area contributed by atoms with Gasteiger partial charge in [0.25, 0.3) is 0 Å². The standard InChI is InChI=1S/CH3NO2.H3N.H3O4P/c2-1(3)4;;1-5(2,3)4/h2H2,(H,3,4);1H3;(H3,1,2,3,4). The molecular formula is CH9N2O6P. The summed E-state index contributed by atoms with van der Waals surface area (Å²) in [7, 11) is -4.64. The van der Waals surface area contributed by atoms with Crippen LogP contribution in [0.1, 0.15) is 0 Å². The first-order valence-corrected chi connectivity index (χ1v) is 3.06. The van der Waals surface area contributed by atoms with Crippen molar-refractivity contribution in [3.63, 3.8) is 0 Å². The summed E-state index contributed by atoms with van der Waals surface area (Å²) in [4.78, 5) is 30.3. The third-order valence-electron chi connectivity index (χ3n) is 0. The topological polar surface area (TPSA) is 176 Å². The van der Waals surface area contributed by atoms with Gasteiger partial charge in [0, 0.05) is 0 Å². The molecule has 0 saturated heterocycles. The zero-order valence-corrected chi connectivity index (χ0v) is 5.73. The molecule has 0 spiro atoms. The van der Waals surface area contributed by atoms with Crippen molar-refractivity contribution in [2.45, 2.75) is 0 Å². The van der Waals surface area contributed by atoms with Crippen molar-refractivity contribution in [3.05, 3.63) is 0 Å². The molecule has 10 heavy (non-hydrogen) atoms. The van der Waals surface area contributed by atoms with Crippen LogP contribution in [0.25, 0.3) is 0 Å². The van der Waals surface area contributed by atoms with Gasteiger partial charge in [-0.1, -0.05) is 0 Å². The second kappa shape index (κ2) is 6.46. The van der Waals surface area contributed by atoms with Gasteiger partial charge >= 0.3 is 13.9 Å². The normalized spacial score (nSPS) is 8.30. The Morgan fingerprint density at radius 2 is 1.30 bits per heavy atom. The monoisotopic (exact) mass is 176 g/mol. The van der Waals surface area contributed by atoms with Crippen LogP contribution in [0, 0.1) is 0 Å². The molecule has 8 nitrogen and oxygen atoms in total. The number of primary amides is 1. The molecule has 9 heteroatoms. The molecule has 0 aromatic heterocycles. The van der Waals surface area contributed by atoms with E-state index in [0.29, 0.717) is 0 Å². The lowest BCUT2D eigenvalue weighted by Gasteiger charge is -1.82. The summed E-state index contributed by atoms with van der Waals surface area (Å²) in [5, 5.41) is 7.19. The lowest BCUT2D eigenvalue weighted by molar-refractivity contribution is 0.205. The van der Waals surface area contributed by atoms with Crippen LogP contribution in [0.2, 0.25) is 0 Å². The molecule has 64 valence electrons.